The van der Waals surface area contributed by atoms with Gasteiger partial charge in [-0.3, -0.25) is 0 Å². The molecule has 0 amide bonds. The molecule has 0 unspecified atom stereocenters. The third-order valence-corrected chi connectivity index (χ3v) is 3.40. The van der Waals surface area contributed by atoms with Crippen molar-refractivity contribution in [2.45, 2.75) is 5.51 Å². The monoisotopic (exact) mass is 328 g/mol. The van der Waals surface area contributed by atoms with Gasteiger partial charge in [-0.1, -0.05) is 6.07 Å². The summed E-state index contributed by atoms with van der Waals surface area (Å²) in [6.45, 7) is 0. The standard InChI is InChI=1S/C11H5F5O4S/c12-7-2-1-5-3-6(17)4-8(9(5)10(7)13)20-21(18,19)11(14,15)16/h1-4,17H. The summed E-state index contributed by atoms with van der Waals surface area (Å²) in [5.74, 6) is -4.86. The van der Waals surface area contributed by atoms with Crippen LogP contribution in [0.2, 0.25) is 0 Å². The summed E-state index contributed by atoms with van der Waals surface area (Å²) in [6.07, 6.45) is 0. The maximum atomic E-state index is 13.6. The first-order chi connectivity index (χ1) is 9.53. The van der Waals surface area contributed by atoms with Crippen LogP contribution in [0.3, 0.4) is 0 Å². The molecule has 0 spiro atoms. The third-order valence-electron chi connectivity index (χ3n) is 2.44. The van der Waals surface area contributed by atoms with E-state index in [2.05, 4.69) is 4.18 Å². The maximum absolute atomic E-state index is 13.6. The van der Waals surface area contributed by atoms with Crippen molar-refractivity contribution in [2.24, 2.45) is 0 Å². The molecule has 0 saturated carbocycles. The van der Waals surface area contributed by atoms with E-state index in [1.54, 1.807) is 0 Å². The second-order valence-electron chi connectivity index (χ2n) is 3.89. The number of phenolic OH excluding ortho intramolecular Hbond substituents is 1. The first-order valence-electron chi connectivity index (χ1n) is 5.14. The summed E-state index contributed by atoms with van der Waals surface area (Å²) in [7, 11) is -6.09. The van der Waals surface area contributed by atoms with Gasteiger partial charge in [0, 0.05) is 6.07 Å². The van der Waals surface area contributed by atoms with Gasteiger partial charge in [0.2, 0.25) is 0 Å². The Morgan fingerprint density at radius 2 is 1.71 bits per heavy atom. The van der Waals surface area contributed by atoms with E-state index in [0.717, 1.165) is 12.1 Å². The van der Waals surface area contributed by atoms with Gasteiger partial charge in [-0.05, 0) is 17.5 Å². The zero-order valence-electron chi connectivity index (χ0n) is 9.78. The number of rotatable bonds is 2. The van der Waals surface area contributed by atoms with Crippen molar-refractivity contribution in [3.8, 4) is 11.5 Å². The minimum absolute atomic E-state index is 0.235. The van der Waals surface area contributed by atoms with Crippen molar-refractivity contribution in [3.05, 3.63) is 35.9 Å². The average Bonchev–Trinajstić information content (AvgIpc) is 2.31. The fraction of sp³-hybridized carbons (Fsp3) is 0.0909. The van der Waals surface area contributed by atoms with Crippen LogP contribution in [-0.4, -0.2) is 19.0 Å². The zero-order chi connectivity index (χ0) is 16.0. The first kappa shape index (κ1) is 15.3. The van der Waals surface area contributed by atoms with Crippen molar-refractivity contribution in [2.75, 3.05) is 0 Å². The highest BCUT2D eigenvalue weighted by atomic mass is 32.2. The van der Waals surface area contributed by atoms with Crippen LogP contribution in [-0.2, 0) is 10.1 Å². The lowest BCUT2D eigenvalue weighted by molar-refractivity contribution is -0.0499. The molecule has 0 aliphatic heterocycles. The lowest BCUT2D eigenvalue weighted by Gasteiger charge is -2.12. The van der Waals surface area contributed by atoms with Crippen LogP contribution in [0.1, 0.15) is 0 Å². The Morgan fingerprint density at radius 1 is 1.10 bits per heavy atom. The van der Waals surface area contributed by atoms with E-state index in [1.165, 1.54) is 0 Å². The number of alkyl halides is 3. The van der Waals surface area contributed by atoms with Crippen LogP contribution < -0.4 is 4.18 Å². The second kappa shape index (κ2) is 4.72. The molecule has 10 heteroatoms. The SMILES string of the molecule is O=S(=O)(Oc1cc(O)cc2ccc(F)c(F)c12)C(F)(F)F. The molecule has 0 radical (unpaired) electrons. The van der Waals surface area contributed by atoms with Gasteiger partial charge in [0.25, 0.3) is 0 Å². The minimum atomic E-state index is -6.09. The molecule has 0 atom stereocenters. The lowest BCUT2D eigenvalue weighted by atomic mass is 10.1. The van der Waals surface area contributed by atoms with Crippen molar-refractivity contribution in [1.29, 1.82) is 0 Å². The number of benzene rings is 2. The van der Waals surface area contributed by atoms with Gasteiger partial charge in [0.15, 0.2) is 17.4 Å². The Hall–Kier alpha value is -2.10. The fourth-order valence-corrected chi connectivity index (χ4v) is 2.04. The summed E-state index contributed by atoms with van der Waals surface area (Å²) < 4.78 is 89.2. The molecule has 0 aliphatic carbocycles. The topological polar surface area (TPSA) is 63.6 Å². The number of phenols is 1. The lowest BCUT2D eigenvalue weighted by Crippen LogP contribution is -2.28. The van der Waals surface area contributed by atoms with Gasteiger partial charge < -0.3 is 9.29 Å². The summed E-state index contributed by atoms with van der Waals surface area (Å²) in [6, 6.07) is 2.96. The van der Waals surface area contributed by atoms with Crippen LogP contribution in [0.25, 0.3) is 10.8 Å². The molecule has 0 fully saturated rings. The Labute approximate surface area is 114 Å². The Kier molecular flexibility index (Phi) is 3.44. The summed E-state index contributed by atoms with van der Waals surface area (Å²) in [4.78, 5) is 0. The van der Waals surface area contributed by atoms with Gasteiger partial charge in [0.1, 0.15) is 5.75 Å². The highest BCUT2D eigenvalue weighted by molar-refractivity contribution is 7.88. The van der Waals surface area contributed by atoms with E-state index in [9.17, 15) is 35.5 Å². The highest BCUT2D eigenvalue weighted by Gasteiger charge is 2.48. The van der Waals surface area contributed by atoms with E-state index >= 15 is 0 Å². The summed E-state index contributed by atoms with van der Waals surface area (Å²) in [5.41, 5.74) is -5.76. The molecular formula is C11H5F5O4S. The highest BCUT2D eigenvalue weighted by Crippen LogP contribution is 2.36. The smallest absolute Gasteiger partial charge is 0.508 e. The first-order valence-corrected chi connectivity index (χ1v) is 6.55. The Morgan fingerprint density at radius 3 is 2.29 bits per heavy atom. The van der Waals surface area contributed by atoms with Crippen LogP contribution >= 0.6 is 0 Å². The van der Waals surface area contributed by atoms with E-state index in [4.69, 9.17) is 0 Å². The maximum Gasteiger partial charge on any atom is 0.534 e. The minimum Gasteiger partial charge on any atom is -0.508 e. The van der Waals surface area contributed by atoms with E-state index in [1.807, 2.05) is 0 Å². The molecular weight excluding hydrogens is 323 g/mol. The van der Waals surface area contributed by atoms with Gasteiger partial charge in [-0.15, -0.1) is 0 Å². The van der Waals surface area contributed by atoms with Crippen molar-refractivity contribution >= 4 is 20.9 Å². The van der Waals surface area contributed by atoms with Gasteiger partial charge in [-0.25, -0.2) is 8.78 Å². The molecule has 2 aromatic carbocycles. The summed E-state index contributed by atoms with van der Waals surface area (Å²) in [5, 5.41) is 8.23. The molecule has 0 heterocycles. The Balaban J connectivity index is 2.72. The zero-order valence-corrected chi connectivity index (χ0v) is 10.6. The number of halogens is 5. The van der Waals surface area contributed by atoms with Crippen LogP contribution in [0.15, 0.2) is 24.3 Å². The molecule has 0 aromatic heterocycles. The molecule has 114 valence electrons. The van der Waals surface area contributed by atoms with Crippen molar-refractivity contribution in [3.63, 3.8) is 0 Å². The van der Waals surface area contributed by atoms with Crippen LogP contribution in [0.5, 0.6) is 11.5 Å². The van der Waals surface area contributed by atoms with Crippen molar-refractivity contribution in [1.82, 2.24) is 0 Å². The Bertz CT molecular complexity index is 813. The number of aromatic hydroxyl groups is 1. The molecule has 1 N–H and O–H groups in total. The van der Waals surface area contributed by atoms with Crippen LogP contribution in [0.4, 0.5) is 22.0 Å². The predicted molar refractivity (Wildman–Crippen MR) is 61.1 cm³/mol. The number of hydrogen-bond donors (Lipinski definition) is 1. The van der Waals surface area contributed by atoms with Gasteiger partial charge in [-0.2, -0.15) is 21.6 Å². The average molecular weight is 328 g/mol. The van der Waals surface area contributed by atoms with Gasteiger partial charge in [0.05, 0.1) is 5.39 Å². The third kappa shape index (κ3) is 2.71. The molecule has 0 aliphatic rings. The molecule has 21 heavy (non-hydrogen) atoms. The molecule has 4 nitrogen and oxygen atoms in total. The quantitative estimate of drug-likeness (QED) is 0.523. The normalized spacial score (nSPS) is 12.6. The predicted octanol–water partition coefficient (Wildman–Crippen LogP) is 3.05. The van der Waals surface area contributed by atoms with E-state index in [0.29, 0.717) is 12.1 Å². The molecule has 0 saturated heterocycles. The van der Waals surface area contributed by atoms with E-state index in [-0.39, 0.29) is 5.39 Å². The number of fused-ring (bicyclic) bond motifs is 1. The van der Waals surface area contributed by atoms with Gasteiger partial charge >= 0.3 is 15.6 Å². The van der Waals surface area contributed by atoms with Crippen molar-refractivity contribution < 1.29 is 39.7 Å². The molecule has 0 bridgehead atoms. The molecule has 2 rings (SSSR count). The van der Waals surface area contributed by atoms with E-state index < -0.39 is 44.1 Å². The second-order valence-corrected chi connectivity index (χ2v) is 5.42. The summed E-state index contributed by atoms with van der Waals surface area (Å²) >= 11 is 0. The fourth-order valence-electron chi connectivity index (χ4n) is 1.57. The van der Waals surface area contributed by atoms with Crippen LogP contribution in [0, 0.1) is 11.6 Å². The number of hydrogen-bond acceptors (Lipinski definition) is 4. The largest absolute Gasteiger partial charge is 0.534 e. The molecule has 2 aromatic rings.